The summed E-state index contributed by atoms with van der Waals surface area (Å²) in [7, 11) is 0. The first-order chi connectivity index (χ1) is 11.2. The number of benzene rings is 2. The van der Waals surface area contributed by atoms with Crippen molar-refractivity contribution in [1.82, 2.24) is 5.43 Å². The second-order valence-corrected chi connectivity index (χ2v) is 4.78. The molecule has 0 radical (unpaired) electrons. The highest BCUT2D eigenvalue weighted by atomic mass is 16.7. The summed E-state index contributed by atoms with van der Waals surface area (Å²) >= 11 is 0. The molecule has 0 bridgehead atoms. The van der Waals surface area contributed by atoms with Crippen molar-refractivity contribution < 1.29 is 19.4 Å². The number of amides is 1. The molecule has 2 N–H and O–H groups in total. The van der Waals surface area contributed by atoms with Crippen molar-refractivity contribution in [2.75, 3.05) is 6.79 Å². The number of fused-ring (bicyclic) bond motifs is 1. The monoisotopic (exact) mass is 310 g/mol. The molecule has 2 aromatic carbocycles. The second-order valence-electron chi connectivity index (χ2n) is 4.78. The topological polar surface area (TPSA) is 80.2 Å². The predicted octanol–water partition coefficient (Wildman–Crippen LogP) is 2.28. The van der Waals surface area contributed by atoms with Crippen LogP contribution in [-0.2, 0) is 4.79 Å². The number of ether oxygens (including phenoxy) is 2. The van der Waals surface area contributed by atoms with E-state index in [1.807, 2.05) is 6.07 Å². The highest BCUT2D eigenvalue weighted by Gasteiger charge is 2.12. The van der Waals surface area contributed by atoms with Gasteiger partial charge in [0.05, 0.1) is 6.21 Å². The van der Waals surface area contributed by atoms with E-state index >= 15 is 0 Å². The number of rotatable bonds is 4. The molecule has 0 unspecified atom stereocenters. The van der Waals surface area contributed by atoms with Crippen LogP contribution in [0, 0.1) is 0 Å². The number of hydrogen-bond acceptors (Lipinski definition) is 5. The lowest BCUT2D eigenvalue weighted by Crippen LogP contribution is -2.14. The summed E-state index contributed by atoms with van der Waals surface area (Å²) in [4.78, 5) is 11.7. The molecule has 0 aromatic heterocycles. The van der Waals surface area contributed by atoms with Crippen LogP contribution in [0.2, 0.25) is 0 Å². The highest BCUT2D eigenvalue weighted by molar-refractivity contribution is 5.92. The number of phenolic OH excluding ortho intramolecular Hbond substituents is 1. The first-order valence-electron chi connectivity index (χ1n) is 6.90. The molecule has 1 amide bonds. The van der Waals surface area contributed by atoms with Crippen molar-refractivity contribution in [1.29, 1.82) is 0 Å². The molecule has 0 fully saturated rings. The minimum Gasteiger partial charge on any atom is -0.508 e. The van der Waals surface area contributed by atoms with Gasteiger partial charge in [-0.05, 0) is 41.5 Å². The quantitative estimate of drug-likeness (QED) is 0.516. The first-order valence-corrected chi connectivity index (χ1v) is 6.90. The molecule has 23 heavy (non-hydrogen) atoms. The van der Waals surface area contributed by atoms with Gasteiger partial charge >= 0.3 is 0 Å². The Kier molecular flexibility index (Phi) is 4.24. The molecule has 0 spiro atoms. The number of phenols is 1. The molecule has 0 saturated carbocycles. The third-order valence-corrected chi connectivity index (χ3v) is 3.08. The number of aromatic hydroxyl groups is 1. The zero-order chi connectivity index (χ0) is 16.1. The van der Waals surface area contributed by atoms with Gasteiger partial charge in [-0.25, -0.2) is 5.43 Å². The van der Waals surface area contributed by atoms with E-state index in [1.165, 1.54) is 18.4 Å². The number of nitrogens with one attached hydrogen (secondary N) is 1. The van der Waals surface area contributed by atoms with E-state index in [1.54, 1.807) is 36.4 Å². The minimum absolute atomic E-state index is 0.142. The fourth-order valence-electron chi connectivity index (χ4n) is 2.00. The number of hydrazone groups is 1. The van der Waals surface area contributed by atoms with Crippen molar-refractivity contribution in [2.45, 2.75) is 0 Å². The molecule has 0 aliphatic carbocycles. The molecule has 1 aliphatic heterocycles. The summed E-state index contributed by atoms with van der Waals surface area (Å²) in [5.74, 6) is 1.14. The van der Waals surface area contributed by atoms with E-state index in [-0.39, 0.29) is 18.4 Å². The van der Waals surface area contributed by atoms with E-state index in [0.717, 1.165) is 5.56 Å². The van der Waals surface area contributed by atoms with Crippen LogP contribution in [0.1, 0.15) is 11.1 Å². The van der Waals surface area contributed by atoms with E-state index in [4.69, 9.17) is 9.47 Å². The Labute approximate surface area is 132 Å². The number of carbonyl (C=O) groups is 1. The predicted molar refractivity (Wildman–Crippen MR) is 85.4 cm³/mol. The Morgan fingerprint density at radius 2 is 2.00 bits per heavy atom. The second kappa shape index (κ2) is 6.65. The minimum atomic E-state index is -0.362. The fourth-order valence-corrected chi connectivity index (χ4v) is 2.00. The maximum atomic E-state index is 11.7. The largest absolute Gasteiger partial charge is 0.508 e. The SMILES string of the molecule is O=C(C=Cc1ccc2c(c1)OCO2)NN=Cc1cccc(O)c1. The average molecular weight is 310 g/mol. The third kappa shape index (κ3) is 3.88. The number of nitrogens with zero attached hydrogens (tertiary/aromatic N) is 1. The zero-order valence-electron chi connectivity index (χ0n) is 12.1. The van der Waals surface area contributed by atoms with Gasteiger partial charge in [-0.2, -0.15) is 5.10 Å². The molecule has 1 heterocycles. The Morgan fingerprint density at radius 1 is 1.13 bits per heavy atom. The van der Waals surface area contributed by atoms with Gasteiger partial charge in [-0.3, -0.25) is 4.79 Å². The lowest BCUT2D eigenvalue weighted by Gasteiger charge is -1.98. The molecular weight excluding hydrogens is 296 g/mol. The van der Waals surface area contributed by atoms with Gasteiger partial charge in [0.15, 0.2) is 11.5 Å². The lowest BCUT2D eigenvalue weighted by molar-refractivity contribution is -0.116. The van der Waals surface area contributed by atoms with Gasteiger partial charge in [0.2, 0.25) is 6.79 Å². The first kappa shape index (κ1) is 14.6. The Bertz CT molecular complexity index is 784. The standard InChI is InChI=1S/C17H14N2O4/c20-14-3-1-2-13(8-14)10-18-19-17(21)7-5-12-4-6-15-16(9-12)23-11-22-15/h1-10,20H,11H2,(H,19,21). The van der Waals surface area contributed by atoms with Crippen LogP contribution in [0.25, 0.3) is 6.08 Å². The van der Waals surface area contributed by atoms with E-state index in [0.29, 0.717) is 17.1 Å². The molecule has 116 valence electrons. The van der Waals surface area contributed by atoms with E-state index in [2.05, 4.69) is 10.5 Å². The van der Waals surface area contributed by atoms with Gasteiger partial charge in [-0.15, -0.1) is 0 Å². The lowest BCUT2D eigenvalue weighted by atomic mass is 10.2. The van der Waals surface area contributed by atoms with Crippen molar-refractivity contribution >= 4 is 18.2 Å². The van der Waals surface area contributed by atoms with Crippen LogP contribution in [0.5, 0.6) is 17.2 Å². The number of hydrogen-bond donors (Lipinski definition) is 2. The normalized spacial score (nSPS) is 12.9. The van der Waals surface area contributed by atoms with Crippen LogP contribution in [-0.4, -0.2) is 24.0 Å². The number of carbonyl (C=O) groups excluding carboxylic acids is 1. The molecule has 0 saturated heterocycles. The van der Waals surface area contributed by atoms with Gasteiger partial charge in [-0.1, -0.05) is 18.2 Å². The summed E-state index contributed by atoms with van der Waals surface area (Å²) < 4.78 is 10.5. The van der Waals surface area contributed by atoms with Gasteiger partial charge in [0, 0.05) is 6.08 Å². The van der Waals surface area contributed by atoms with Gasteiger partial charge in [0.1, 0.15) is 5.75 Å². The summed E-state index contributed by atoms with van der Waals surface area (Å²) in [5.41, 5.74) is 3.89. The van der Waals surface area contributed by atoms with Crippen molar-refractivity contribution in [3.63, 3.8) is 0 Å². The summed E-state index contributed by atoms with van der Waals surface area (Å²) in [6, 6.07) is 12.0. The summed E-state index contributed by atoms with van der Waals surface area (Å²) in [5, 5.41) is 13.1. The molecule has 3 rings (SSSR count). The molecule has 1 aliphatic rings. The van der Waals surface area contributed by atoms with Crippen molar-refractivity contribution in [3.8, 4) is 17.2 Å². The van der Waals surface area contributed by atoms with Crippen LogP contribution < -0.4 is 14.9 Å². The van der Waals surface area contributed by atoms with E-state index < -0.39 is 0 Å². The molecule has 2 aromatic rings. The summed E-state index contributed by atoms with van der Waals surface area (Å²) in [6.07, 6.45) is 4.48. The Balaban J connectivity index is 1.56. The van der Waals surface area contributed by atoms with Crippen LogP contribution >= 0.6 is 0 Å². The van der Waals surface area contributed by atoms with Crippen LogP contribution in [0.15, 0.2) is 53.6 Å². The van der Waals surface area contributed by atoms with Crippen molar-refractivity contribution in [3.05, 3.63) is 59.7 Å². The molecule has 6 heteroatoms. The maximum Gasteiger partial charge on any atom is 0.264 e. The average Bonchev–Trinajstić information content (AvgIpc) is 3.00. The molecule has 6 nitrogen and oxygen atoms in total. The fraction of sp³-hybridized carbons (Fsp3) is 0.0588. The summed E-state index contributed by atoms with van der Waals surface area (Å²) in [6.45, 7) is 0.215. The van der Waals surface area contributed by atoms with Gasteiger partial charge < -0.3 is 14.6 Å². The molecular formula is C17H14N2O4. The Morgan fingerprint density at radius 3 is 2.87 bits per heavy atom. The Hall–Kier alpha value is -3.28. The van der Waals surface area contributed by atoms with Gasteiger partial charge in [0.25, 0.3) is 5.91 Å². The highest BCUT2D eigenvalue weighted by Crippen LogP contribution is 2.32. The van der Waals surface area contributed by atoms with Crippen LogP contribution in [0.4, 0.5) is 0 Å². The third-order valence-electron chi connectivity index (χ3n) is 3.08. The zero-order valence-corrected chi connectivity index (χ0v) is 12.1. The molecule has 0 atom stereocenters. The van der Waals surface area contributed by atoms with E-state index in [9.17, 15) is 9.90 Å². The van der Waals surface area contributed by atoms with Crippen molar-refractivity contribution in [2.24, 2.45) is 5.10 Å². The van der Waals surface area contributed by atoms with Crippen LogP contribution in [0.3, 0.4) is 0 Å². The smallest absolute Gasteiger partial charge is 0.264 e. The maximum absolute atomic E-state index is 11.7.